The number of aromatic nitrogens is 1. The van der Waals surface area contributed by atoms with Crippen LogP contribution >= 0.6 is 0 Å². The third-order valence-electron chi connectivity index (χ3n) is 3.87. The van der Waals surface area contributed by atoms with Crippen LogP contribution in [-0.2, 0) is 0 Å². The molecule has 1 heterocycles. The number of nitrogen functional groups attached to an aromatic ring is 1. The van der Waals surface area contributed by atoms with Gasteiger partial charge in [0.05, 0.1) is 5.52 Å². The predicted octanol–water partition coefficient (Wildman–Crippen LogP) is 3.81. The van der Waals surface area contributed by atoms with Crippen LogP contribution < -0.4 is 11.1 Å². The lowest BCUT2D eigenvalue weighted by Gasteiger charge is -2.17. The van der Waals surface area contributed by atoms with E-state index < -0.39 is 0 Å². The van der Waals surface area contributed by atoms with Crippen LogP contribution in [0.1, 0.15) is 32.6 Å². The highest BCUT2D eigenvalue weighted by Gasteiger charge is 2.24. The first-order valence-corrected chi connectivity index (χ1v) is 7.17. The summed E-state index contributed by atoms with van der Waals surface area (Å²) >= 11 is 0. The van der Waals surface area contributed by atoms with Crippen LogP contribution in [0.5, 0.6) is 0 Å². The maximum atomic E-state index is 5.78. The normalized spacial score (nSPS) is 16.5. The van der Waals surface area contributed by atoms with Gasteiger partial charge in [-0.15, -0.1) is 0 Å². The van der Waals surface area contributed by atoms with E-state index in [1.807, 2.05) is 18.2 Å². The molecule has 0 amide bonds. The highest BCUT2D eigenvalue weighted by Crippen LogP contribution is 2.34. The molecule has 0 saturated heterocycles. The summed E-state index contributed by atoms with van der Waals surface area (Å²) in [5, 5.41) is 4.66. The second-order valence-corrected chi connectivity index (χ2v) is 5.58. The Bertz CT molecular complexity index is 575. The molecule has 0 radical (unpaired) electrons. The fourth-order valence-corrected chi connectivity index (χ4v) is 2.52. The number of nitrogens with one attached hydrogen (secondary N) is 1. The molecule has 0 spiro atoms. The molecule has 0 bridgehead atoms. The average Bonchev–Trinajstić information content (AvgIpc) is 3.22. The van der Waals surface area contributed by atoms with E-state index in [0.29, 0.717) is 6.04 Å². The molecule has 3 N–H and O–H groups in total. The maximum absolute atomic E-state index is 5.78. The summed E-state index contributed by atoms with van der Waals surface area (Å²) in [6.07, 6.45) is 5.24. The van der Waals surface area contributed by atoms with Crippen molar-refractivity contribution in [3.63, 3.8) is 0 Å². The number of pyridine rings is 1. The number of hydrogen-bond acceptors (Lipinski definition) is 3. The van der Waals surface area contributed by atoms with Gasteiger partial charge in [-0.25, -0.2) is 4.98 Å². The summed E-state index contributed by atoms with van der Waals surface area (Å²) in [6.45, 7) is 2.24. The Morgan fingerprint density at radius 3 is 2.89 bits per heavy atom. The van der Waals surface area contributed by atoms with E-state index in [2.05, 4.69) is 29.4 Å². The summed E-state index contributed by atoms with van der Waals surface area (Å²) in [6, 6.07) is 10.5. The first-order valence-electron chi connectivity index (χ1n) is 7.17. The standard InChI is InChI=1S/C16H21N3/c1-2-14(9-11-3-4-11)18-16-8-5-12-10-13(17)6-7-15(12)19-16/h5-8,10-11,14H,2-4,9,17H2,1H3,(H,18,19). The second-order valence-electron chi connectivity index (χ2n) is 5.58. The van der Waals surface area contributed by atoms with Gasteiger partial charge in [0.25, 0.3) is 0 Å². The highest BCUT2D eigenvalue weighted by atomic mass is 15.0. The van der Waals surface area contributed by atoms with Gasteiger partial charge in [0.1, 0.15) is 5.82 Å². The molecule has 19 heavy (non-hydrogen) atoms. The molecule has 3 heteroatoms. The van der Waals surface area contributed by atoms with Gasteiger partial charge in [-0.2, -0.15) is 0 Å². The molecule has 0 aliphatic heterocycles. The predicted molar refractivity (Wildman–Crippen MR) is 81.2 cm³/mol. The van der Waals surface area contributed by atoms with E-state index in [1.165, 1.54) is 19.3 Å². The Kier molecular flexibility index (Phi) is 3.28. The number of hydrogen-bond donors (Lipinski definition) is 2. The molecule has 1 aliphatic carbocycles. The van der Waals surface area contributed by atoms with E-state index in [9.17, 15) is 0 Å². The van der Waals surface area contributed by atoms with E-state index >= 15 is 0 Å². The first-order chi connectivity index (χ1) is 9.24. The van der Waals surface area contributed by atoms with Crippen molar-refractivity contribution in [2.75, 3.05) is 11.1 Å². The number of nitrogens with two attached hydrogens (primary N) is 1. The molecular formula is C16H21N3. The molecule has 1 fully saturated rings. The van der Waals surface area contributed by atoms with Crippen molar-refractivity contribution in [2.24, 2.45) is 5.92 Å². The van der Waals surface area contributed by atoms with Crippen LogP contribution in [0.2, 0.25) is 0 Å². The Labute approximate surface area is 114 Å². The van der Waals surface area contributed by atoms with Crippen molar-refractivity contribution < 1.29 is 0 Å². The first kappa shape index (κ1) is 12.3. The minimum atomic E-state index is 0.547. The third-order valence-corrected chi connectivity index (χ3v) is 3.87. The molecule has 1 unspecified atom stereocenters. The Balaban J connectivity index is 1.77. The molecule has 3 nitrogen and oxygen atoms in total. The quantitative estimate of drug-likeness (QED) is 0.799. The smallest absolute Gasteiger partial charge is 0.126 e. The Morgan fingerprint density at radius 1 is 1.32 bits per heavy atom. The summed E-state index contributed by atoms with van der Waals surface area (Å²) in [4.78, 5) is 4.67. The average molecular weight is 255 g/mol. The number of benzene rings is 1. The lowest BCUT2D eigenvalue weighted by molar-refractivity contribution is 0.585. The van der Waals surface area contributed by atoms with Crippen LogP contribution in [0.4, 0.5) is 11.5 Å². The van der Waals surface area contributed by atoms with Crippen molar-refractivity contribution >= 4 is 22.4 Å². The molecule has 1 saturated carbocycles. The van der Waals surface area contributed by atoms with Crippen LogP contribution in [-0.4, -0.2) is 11.0 Å². The minimum Gasteiger partial charge on any atom is -0.399 e. The van der Waals surface area contributed by atoms with Gasteiger partial charge in [0.2, 0.25) is 0 Å². The van der Waals surface area contributed by atoms with Gasteiger partial charge in [-0.1, -0.05) is 19.8 Å². The van der Waals surface area contributed by atoms with Crippen molar-refractivity contribution in [3.8, 4) is 0 Å². The Hall–Kier alpha value is -1.77. The number of nitrogens with zero attached hydrogens (tertiary/aromatic N) is 1. The van der Waals surface area contributed by atoms with Crippen molar-refractivity contribution in [1.29, 1.82) is 0 Å². The zero-order valence-corrected chi connectivity index (χ0v) is 11.4. The molecule has 1 aromatic heterocycles. The molecule has 100 valence electrons. The second kappa shape index (κ2) is 5.08. The molecule has 1 atom stereocenters. The monoisotopic (exact) mass is 255 g/mol. The van der Waals surface area contributed by atoms with Gasteiger partial charge in [-0.3, -0.25) is 0 Å². The van der Waals surface area contributed by atoms with Crippen LogP contribution in [0.15, 0.2) is 30.3 Å². The van der Waals surface area contributed by atoms with Crippen LogP contribution in [0.3, 0.4) is 0 Å². The maximum Gasteiger partial charge on any atom is 0.126 e. The zero-order chi connectivity index (χ0) is 13.2. The molecule has 3 rings (SSSR count). The number of anilines is 2. The van der Waals surface area contributed by atoms with Crippen molar-refractivity contribution in [1.82, 2.24) is 4.98 Å². The third kappa shape index (κ3) is 2.98. The number of fused-ring (bicyclic) bond motifs is 1. The van der Waals surface area contributed by atoms with Crippen LogP contribution in [0.25, 0.3) is 10.9 Å². The fourth-order valence-electron chi connectivity index (χ4n) is 2.52. The van der Waals surface area contributed by atoms with Gasteiger partial charge >= 0.3 is 0 Å². The molecular weight excluding hydrogens is 234 g/mol. The van der Waals surface area contributed by atoms with Crippen molar-refractivity contribution in [3.05, 3.63) is 30.3 Å². The number of rotatable bonds is 5. The fraction of sp³-hybridized carbons (Fsp3) is 0.438. The summed E-state index contributed by atoms with van der Waals surface area (Å²) in [5.41, 5.74) is 7.57. The lowest BCUT2D eigenvalue weighted by Crippen LogP contribution is -2.19. The zero-order valence-electron chi connectivity index (χ0n) is 11.4. The topological polar surface area (TPSA) is 50.9 Å². The van der Waals surface area contributed by atoms with Gasteiger partial charge in [0, 0.05) is 17.1 Å². The van der Waals surface area contributed by atoms with E-state index in [4.69, 9.17) is 5.73 Å². The lowest BCUT2D eigenvalue weighted by atomic mass is 10.1. The van der Waals surface area contributed by atoms with Crippen LogP contribution in [0, 0.1) is 5.92 Å². The Morgan fingerprint density at radius 2 is 2.16 bits per heavy atom. The van der Waals surface area contributed by atoms with Gasteiger partial charge in [-0.05, 0) is 49.1 Å². The molecule has 2 aromatic rings. The van der Waals surface area contributed by atoms with E-state index in [1.54, 1.807) is 0 Å². The van der Waals surface area contributed by atoms with Gasteiger partial charge in [0.15, 0.2) is 0 Å². The van der Waals surface area contributed by atoms with E-state index in [-0.39, 0.29) is 0 Å². The van der Waals surface area contributed by atoms with Crippen molar-refractivity contribution in [2.45, 2.75) is 38.6 Å². The summed E-state index contributed by atoms with van der Waals surface area (Å²) in [5.74, 6) is 1.92. The SMILES string of the molecule is CCC(CC1CC1)Nc1ccc2cc(N)ccc2n1. The summed E-state index contributed by atoms with van der Waals surface area (Å²) in [7, 11) is 0. The minimum absolute atomic E-state index is 0.547. The molecule has 1 aromatic carbocycles. The largest absolute Gasteiger partial charge is 0.399 e. The molecule has 1 aliphatic rings. The van der Waals surface area contributed by atoms with Gasteiger partial charge < -0.3 is 11.1 Å². The highest BCUT2D eigenvalue weighted by molar-refractivity contribution is 5.83. The van der Waals surface area contributed by atoms with E-state index in [0.717, 1.165) is 34.7 Å². The summed E-state index contributed by atoms with van der Waals surface area (Å²) < 4.78 is 0.